The van der Waals surface area contributed by atoms with E-state index >= 15 is 0 Å². The van der Waals surface area contributed by atoms with E-state index in [-0.39, 0.29) is 11.3 Å². The molecule has 2 rings (SSSR count). The first-order chi connectivity index (χ1) is 13.8. The van der Waals surface area contributed by atoms with Crippen molar-refractivity contribution in [2.45, 2.75) is 13.0 Å². The summed E-state index contributed by atoms with van der Waals surface area (Å²) in [7, 11) is 3.04. The molecule has 0 spiro atoms. The van der Waals surface area contributed by atoms with Crippen LogP contribution < -0.4 is 20.2 Å². The molecule has 2 aromatic rings. The Labute approximate surface area is 166 Å². The summed E-state index contributed by atoms with van der Waals surface area (Å²) in [6, 6.07) is 9.28. The first-order valence-corrected chi connectivity index (χ1v) is 8.46. The van der Waals surface area contributed by atoms with Crippen LogP contribution in [0.15, 0.2) is 47.6 Å². The average molecular weight is 400 g/mol. The maximum atomic E-state index is 12.2. The van der Waals surface area contributed by atoms with Gasteiger partial charge in [0, 0.05) is 23.3 Å². The summed E-state index contributed by atoms with van der Waals surface area (Å²) >= 11 is 0. The number of rotatable bonds is 8. The Morgan fingerprint density at radius 2 is 1.83 bits per heavy atom. The number of nitro groups is 1. The molecule has 2 aromatic carbocycles. The molecule has 10 nitrogen and oxygen atoms in total. The highest BCUT2D eigenvalue weighted by atomic mass is 16.6. The molecule has 0 radical (unpaired) electrons. The van der Waals surface area contributed by atoms with Gasteiger partial charge in [-0.15, -0.1) is 0 Å². The summed E-state index contributed by atoms with van der Waals surface area (Å²) in [4.78, 5) is 34.4. The fourth-order valence-electron chi connectivity index (χ4n) is 2.28. The molecule has 0 saturated carbocycles. The number of nitro benzene ring substituents is 1. The summed E-state index contributed by atoms with van der Waals surface area (Å²) in [5, 5.41) is 17.0. The Morgan fingerprint density at radius 1 is 1.14 bits per heavy atom. The van der Waals surface area contributed by atoms with Crippen molar-refractivity contribution in [2.75, 3.05) is 14.2 Å². The summed E-state index contributed by atoms with van der Waals surface area (Å²) in [5.74, 6) is 0.0602. The maximum Gasteiger partial charge on any atom is 0.269 e. The van der Waals surface area contributed by atoms with Crippen LogP contribution in [-0.4, -0.2) is 43.2 Å². The number of nitrogens with zero attached hydrogens (tertiary/aromatic N) is 2. The molecule has 2 N–H and O–H groups in total. The fourth-order valence-corrected chi connectivity index (χ4v) is 2.28. The second-order valence-corrected chi connectivity index (χ2v) is 5.84. The van der Waals surface area contributed by atoms with Crippen LogP contribution in [0.4, 0.5) is 5.69 Å². The van der Waals surface area contributed by atoms with E-state index in [4.69, 9.17) is 9.47 Å². The van der Waals surface area contributed by atoms with Gasteiger partial charge < -0.3 is 14.8 Å². The highest BCUT2D eigenvalue weighted by Crippen LogP contribution is 2.22. The lowest BCUT2D eigenvalue weighted by Gasteiger charge is -2.12. The molecule has 29 heavy (non-hydrogen) atoms. The minimum absolute atomic E-state index is 0.130. The molecule has 152 valence electrons. The van der Waals surface area contributed by atoms with Gasteiger partial charge >= 0.3 is 0 Å². The van der Waals surface area contributed by atoms with E-state index in [0.717, 1.165) is 0 Å². The number of hydrazone groups is 1. The van der Waals surface area contributed by atoms with Crippen molar-refractivity contribution in [3.8, 4) is 11.5 Å². The number of amides is 2. The van der Waals surface area contributed by atoms with Gasteiger partial charge in [0.15, 0.2) is 0 Å². The third-order valence-electron chi connectivity index (χ3n) is 3.90. The Morgan fingerprint density at radius 3 is 2.41 bits per heavy atom. The highest BCUT2D eigenvalue weighted by molar-refractivity contribution is 5.97. The number of benzene rings is 2. The zero-order chi connectivity index (χ0) is 21.4. The van der Waals surface area contributed by atoms with E-state index in [2.05, 4.69) is 15.8 Å². The number of non-ortho nitro benzene ring substituents is 1. The van der Waals surface area contributed by atoms with Crippen LogP contribution in [-0.2, 0) is 4.79 Å². The van der Waals surface area contributed by atoms with Crippen LogP contribution in [0.3, 0.4) is 0 Å². The molecule has 0 saturated heterocycles. The summed E-state index contributed by atoms with van der Waals surface area (Å²) < 4.78 is 10.4. The van der Waals surface area contributed by atoms with E-state index in [1.54, 1.807) is 18.2 Å². The molecule has 0 fully saturated rings. The third kappa shape index (κ3) is 5.76. The fraction of sp³-hybridized carbons (Fsp3) is 0.211. The van der Waals surface area contributed by atoms with Crippen molar-refractivity contribution in [1.29, 1.82) is 0 Å². The number of hydrogen-bond donors (Lipinski definition) is 2. The zero-order valence-electron chi connectivity index (χ0n) is 16.0. The molecule has 0 aromatic heterocycles. The molecule has 0 unspecified atom stereocenters. The van der Waals surface area contributed by atoms with Crippen molar-refractivity contribution >= 4 is 23.7 Å². The zero-order valence-corrected chi connectivity index (χ0v) is 16.0. The first kappa shape index (κ1) is 21.4. The maximum absolute atomic E-state index is 12.2. The van der Waals surface area contributed by atoms with E-state index in [0.29, 0.717) is 17.1 Å². The lowest BCUT2D eigenvalue weighted by molar-refractivity contribution is -0.384. The molecule has 0 heterocycles. The van der Waals surface area contributed by atoms with Crippen molar-refractivity contribution < 1.29 is 24.0 Å². The van der Waals surface area contributed by atoms with Crippen LogP contribution in [0.2, 0.25) is 0 Å². The predicted molar refractivity (Wildman–Crippen MR) is 105 cm³/mol. The van der Waals surface area contributed by atoms with E-state index in [9.17, 15) is 19.7 Å². The van der Waals surface area contributed by atoms with Gasteiger partial charge in [0.05, 0.1) is 25.4 Å². The Balaban J connectivity index is 1.96. The van der Waals surface area contributed by atoms with Gasteiger partial charge in [0.2, 0.25) is 0 Å². The van der Waals surface area contributed by atoms with Crippen molar-refractivity contribution in [1.82, 2.24) is 10.7 Å². The van der Waals surface area contributed by atoms with Gasteiger partial charge in [-0.1, -0.05) is 0 Å². The molecular formula is C19H20N4O6. The minimum Gasteiger partial charge on any atom is -0.497 e. The van der Waals surface area contributed by atoms with Gasteiger partial charge in [-0.2, -0.15) is 5.10 Å². The van der Waals surface area contributed by atoms with Crippen molar-refractivity contribution in [2.24, 2.45) is 5.10 Å². The number of carbonyl (C=O) groups excluding carboxylic acids is 2. The first-order valence-electron chi connectivity index (χ1n) is 8.46. The molecule has 1 atom stereocenters. The number of ether oxygens (including phenoxy) is 2. The van der Waals surface area contributed by atoms with Crippen molar-refractivity contribution in [3.05, 3.63) is 63.7 Å². The molecule has 0 aliphatic rings. The summed E-state index contributed by atoms with van der Waals surface area (Å²) in [6.45, 7) is 1.49. The topological polar surface area (TPSA) is 132 Å². The number of hydrogen-bond acceptors (Lipinski definition) is 7. The summed E-state index contributed by atoms with van der Waals surface area (Å²) in [6.07, 6.45) is 1.39. The molecule has 0 aliphatic carbocycles. The number of methoxy groups -OCH3 is 2. The van der Waals surface area contributed by atoms with Crippen LogP contribution in [0.1, 0.15) is 22.8 Å². The average Bonchev–Trinajstić information content (AvgIpc) is 2.73. The van der Waals surface area contributed by atoms with Crippen LogP contribution in [0.25, 0.3) is 0 Å². The third-order valence-corrected chi connectivity index (χ3v) is 3.90. The normalized spacial score (nSPS) is 11.6. The Bertz CT molecular complexity index is 927. The largest absolute Gasteiger partial charge is 0.497 e. The lowest BCUT2D eigenvalue weighted by Crippen LogP contribution is -2.43. The minimum atomic E-state index is -0.887. The Kier molecular flexibility index (Phi) is 7.24. The van der Waals surface area contributed by atoms with Gasteiger partial charge in [-0.3, -0.25) is 19.7 Å². The lowest BCUT2D eigenvalue weighted by atomic mass is 10.2. The van der Waals surface area contributed by atoms with E-state index in [1.807, 2.05) is 0 Å². The molecular weight excluding hydrogens is 380 g/mol. The Hall–Kier alpha value is -3.95. The molecule has 0 aliphatic heterocycles. The van der Waals surface area contributed by atoms with Gasteiger partial charge in [-0.05, 0) is 37.3 Å². The van der Waals surface area contributed by atoms with Gasteiger partial charge in [0.1, 0.15) is 17.5 Å². The van der Waals surface area contributed by atoms with Gasteiger partial charge in [0.25, 0.3) is 17.5 Å². The standard InChI is InChI=1S/C19H20N4O6/c1-12(21-19(25)13-4-6-15(7-5-13)23(26)27)18(24)22-20-11-14-10-16(28-2)8-9-17(14)29-3/h4-12H,1-3H3,(H,21,25)(H,22,24)/b20-11-/t12-/m0/s1. The highest BCUT2D eigenvalue weighted by Gasteiger charge is 2.17. The number of nitrogens with one attached hydrogen (secondary N) is 2. The van der Waals surface area contributed by atoms with Crippen molar-refractivity contribution in [3.63, 3.8) is 0 Å². The monoisotopic (exact) mass is 400 g/mol. The van der Waals surface area contributed by atoms with Crippen LogP contribution >= 0.6 is 0 Å². The predicted octanol–water partition coefficient (Wildman–Crippen LogP) is 1.88. The second kappa shape index (κ2) is 9.83. The van der Waals surface area contributed by atoms with E-state index < -0.39 is 22.8 Å². The molecule has 0 bridgehead atoms. The van der Waals surface area contributed by atoms with Crippen LogP contribution in [0.5, 0.6) is 11.5 Å². The van der Waals surface area contributed by atoms with E-state index in [1.165, 1.54) is 51.6 Å². The molecule has 2 amide bonds. The second-order valence-electron chi connectivity index (χ2n) is 5.84. The molecule has 10 heteroatoms. The number of carbonyl (C=O) groups is 2. The summed E-state index contributed by atoms with van der Waals surface area (Å²) in [5.41, 5.74) is 2.99. The SMILES string of the molecule is COc1ccc(OC)c(/C=N\NC(=O)[C@H](C)NC(=O)c2ccc([N+](=O)[O-])cc2)c1. The smallest absolute Gasteiger partial charge is 0.269 e. The van der Waals surface area contributed by atoms with Crippen LogP contribution in [0, 0.1) is 10.1 Å². The quantitative estimate of drug-likeness (QED) is 0.395. The van der Waals surface area contributed by atoms with Gasteiger partial charge in [-0.25, -0.2) is 5.43 Å².